The third kappa shape index (κ3) is 3.36. The van der Waals surface area contributed by atoms with Crippen molar-refractivity contribution in [3.63, 3.8) is 0 Å². The van der Waals surface area contributed by atoms with Crippen molar-refractivity contribution in [1.29, 1.82) is 0 Å². The van der Waals surface area contributed by atoms with Crippen molar-refractivity contribution in [3.05, 3.63) is 0 Å². The molecular weight excluding hydrogens is 138 g/mol. The fourth-order valence-corrected chi connectivity index (χ4v) is 0.859. The Hall–Kier alpha value is -0.240. The molecule has 0 bridgehead atoms. The van der Waals surface area contributed by atoms with Crippen LogP contribution < -0.4 is 0 Å². The minimum atomic E-state index is 0.0480. The molecule has 0 aromatic rings. The Labute approximate surface area is 60.8 Å². The van der Waals surface area contributed by atoms with Crippen LogP contribution in [0.3, 0.4) is 0 Å². The third-order valence-electron chi connectivity index (χ3n) is 1.08. The Morgan fingerprint density at radius 3 is 2.33 bits per heavy atom. The van der Waals surface area contributed by atoms with Gasteiger partial charge in [-0.2, -0.15) is 0 Å². The number of carbonyl (C=O) groups excluding carboxylic acids is 1. The Morgan fingerprint density at radius 2 is 2.22 bits per heavy atom. The molecule has 0 radical (unpaired) electrons. The van der Waals surface area contributed by atoms with Gasteiger partial charge in [0.2, 0.25) is 5.91 Å². The second kappa shape index (κ2) is 4.62. The van der Waals surface area contributed by atoms with E-state index in [1.807, 2.05) is 6.92 Å². The lowest BCUT2D eigenvalue weighted by molar-refractivity contribution is -0.127. The first-order chi connectivity index (χ1) is 4.22. The molecule has 9 heavy (non-hydrogen) atoms. The van der Waals surface area contributed by atoms with Crippen molar-refractivity contribution in [2.45, 2.75) is 20.3 Å². The van der Waals surface area contributed by atoms with Gasteiger partial charge in [0.15, 0.2) is 0 Å². The van der Waals surface area contributed by atoms with E-state index in [4.69, 9.17) is 11.6 Å². The molecule has 0 aliphatic heterocycles. The first-order valence-electron chi connectivity index (χ1n) is 3.03. The highest BCUT2D eigenvalue weighted by Crippen LogP contribution is 1.93. The lowest BCUT2D eigenvalue weighted by Crippen LogP contribution is -2.27. The van der Waals surface area contributed by atoms with Gasteiger partial charge in [0.05, 0.1) is 6.00 Å². The second-order valence-corrected chi connectivity index (χ2v) is 2.14. The molecule has 0 aromatic carbocycles. The van der Waals surface area contributed by atoms with Crippen LogP contribution in [-0.4, -0.2) is 23.4 Å². The van der Waals surface area contributed by atoms with E-state index < -0.39 is 0 Å². The summed E-state index contributed by atoms with van der Waals surface area (Å²) in [6.45, 7) is 4.30. The number of hydrogen-bond acceptors (Lipinski definition) is 1. The van der Waals surface area contributed by atoms with E-state index >= 15 is 0 Å². The molecule has 0 aliphatic carbocycles. The maximum atomic E-state index is 10.6. The van der Waals surface area contributed by atoms with Gasteiger partial charge in [0, 0.05) is 13.5 Å². The quantitative estimate of drug-likeness (QED) is 0.439. The van der Waals surface area contributed by atoms with E-state index in [1.54, 1.807) is 4.90 Å². The summed E-state index contributed by atoms with van der Waals surface area (Å²) in [5, 5.41) is 0. The molecule has 0 fully saturated rings. The molecule has 0 aliphatic rings. The smallest absolute Gasteiger partial charge is 0.220 e. The first-order valence-corrected chi connectivity index (χ1v) is 3.57. The fraction of sp³-hybridized carbons (Fsp3) is 0.833. The summed E-state index contributed by atoms with van der Waals surface area (Å²) >= 11 is 5.45. The predicted octanol–water partition coefficient (Wildman–Crippen LogP) is 1.44. The number of nitrogens with zero attached hydrogens (tertiary/aromatic N) is 1. The second-order valence-electron chi connectivity index (χ2n) is 1.90. The summed E-state index contributed by atoms with van der Waals surface area (Å²) in [6.07, 6.45) is 0.965. The van der Waals surface area contributed by atoms with E-state index in [0.717, 1.165) is 13.0 Å². The zero-order valence-corrected chi connectivity index (χ0v) is 6.61. The topological polar surface area (TPSA) is 20.3 Å². The van der Waals surface area contributed by atoms with Crippen molar-refractivity contribution in [2.75, 3.05) is 12.5 Å². The van der Waals surface area contributed by atoms with E-state index in [-0.39, 0.29) is 5.91 Å². The number of amides is 1. The molecule has 0 N–H and O–H groups in total. The minimum absolute atomic E-state index is 0.0480. The molecule has 0 aromatic heterocycles. The fourth-order valence-electron chi connectivity index (χ4n) is 0.571. The molecule has 54 valence electrons. The van der Waals surface area contributed by atoms with Crippen LogP contribution in [0.2, 0.25) is 0 Å². The molecule has 0 atom stereocenters. The summed E-state index contributed by atoms with van der Waals surface area (Å²) < 4.78 is 0. The number of halogens is 1. The van der Waals surface area contributed by atoms with Gasteiger partial charge in [-0.15, -0.1) is 11.6 Å². The molecular formula is C6H12ClNO. The standard InChI is InChI=1S/C6H12ClNO/c1-3-4-8(5-7)6(2)9/h3-5H2,1-2H3. The highest BCUT2D eigenvalue weighted by atomic mass is 35.5. The molecule has 0 unspecified atom stereocenters. The average Bonchev–Trinajstić information content (AvgIpc) is 1.82. The number of hydrogen-bond donors (Lipinski definition) is 0. The van der Waals surface area contributed by atoms with Crippen LogP contribution in [0, 0.1) is 0 Å². The van der Waals surface area contributed by atoms with Gasteiger partial charge >= 0.3 is 0 Å². The summed E-state index contributed by atoms with van der Waals surface area (Å²) in [7, 11) is 0. The maximum Gasteiger partial charge on any atom is 0.220 e. The first kappa shape index (κ1) is 8.76. The van der Waals surface area contributed by atoms with Gasteiger partial charge in [0.1, 0.15) is 0 Å². The number of carbonyl (C=O) groups is 1. The monoisotopic (exact) mass is 149 g/mol. The van der Waals surface area contributed by atoms with E-state index in [9.17, 15) is 4.79 Å². The Kier molecular flexibility index (Phi) is 4.50. The van der Waals surface area contributed by atoms with Gasteiger partial charge in [0.25, 0.3) is 0 Å². The van der Waals surface area contributed by atoms with Gasteiger partial charge in [-0.1, -0.05) is 6.92 Å². The van der Waals surface area contributed by atoms with Crippen LogP contribution in [0.1, 0.15) is 20.3 Å². The van der Waals surface area contributed by atoms with Crippen LogP contribution in [0.15, 0.2) is 0 Å². The number of alkyl halides is 1. The van der Waals surface area contributed by atoms with Crippen LogP contribution in [-0.2, 0) is 4.79 Å². The lowest BCUT2D eigenvalue weighted by atomic mass is 10.4. The van der Waals surface area contributed by atoms with Crippen molar-refractivity contribution in [2.24, 2.45) is 0 Å². The highest BCUT2D eigenvalue weighted by Gasteiger charge is 2.02. The summed E-state index contributed by atoms with van der Waals surface area (Å²) in [6, 6.07) is 0.309. The van der Waals surface area contributed by atoms with Crippen molar-refractivity contribution >= 4 is 17.5 Å². The summed E-state index contributed by atoms with van der Waals surface area (Å²) in [5.41, 5.74) is 0. The summed E-state index contributed by atoms with van der Waals surface area (Å²) in [4.78, 5) is 12.2. The van der Waals surface area contributed by atoms with E-state index in [0.29, 0.717) is 6.00 Å². The van der Waals surface area contributed by atoms with E-state index in [2.05, 4.69) is 0 Å². The maximum absolute atomic E-state index is 10.6. The van der Waals surface area contributed by atoms with Gasteiger partial charge < -0.3 is 4.90 Å². The largest absolute Gasteiger partial charge is 0.329 e. The molecule has 3 heteroatoms. The number of rotatable bonds is 3. The molecule has 1 amide bonds. The molecule has 0 heterocycles. The predicted molar refractivity (Wildman–Crippen MR) is 38.4 cm³/mol. The van der Waals surface area contributed by atoms with Crippen LogP contribution in [0.4, 0.5) is 0 Å². The van der Waals surface area contributed by atoms with Crippen molar-refractivity contribution in [1.82, 2.24) is 4.90 Å². The molecule has 0 saturated carbocycles. The molecule has 0 rings (SSSR count). The minimum Gasteiger partial charge on any atom is -0.329 e. The van der Waals surface area contributed by atoms with Gasteiger partial charge in [-0.3, -0.25) is 4.79 Å². The molecule has 0 spiro atoms. The van der Waals surface area contributed by atoms with Crippen LogP contribution in [0.5, 0.6) is 0 Å². The molecule has 0 saturated heterocycles. The Morgan fingerprint density at radius 1 is 1.67 bits per heavy atom. The van der Waals surface area contributed by atoms with Crippen molar-refractivity contribution < 1.29 is 4.79 Å². The van der Waals surface area contributed by atoms with E-state index in [1.165, 1.54) is 6.92 Å². The average molecular weight is 150 g/mol. The Balaban J connectivity index is 3.54. The summed E-state index contributed by atoms with van der Waals surface area (Å²) in [5.74, 6) is 0.0480. The highest BCUT2D eigenvalue weighted by molar-refractivity contribution is 6.18. The van der Waals surface area contributed by atoms with Gasteiger partial charge in [-0.05, 0) is 6.42 Å². The third-order valence-corrected chi connectivity index (χ3v) is 1.37. The van der Waals surface area contributed by atoms with Crippen LogP contribution >= 0.6 is 11.6 Å². The SMILES string of the molecule is CCCN(CCl)C(C)=O. The zero-order chi connectivity index (χ0) is 7.28. The normalized spacial score (nSPS) is 9.22. The molecule has 2 nitrogen and oxygen atoms in total. The Bertz CT molecular complexity index is 95.1. The van der Waals surface area contributed by atoms with Crippen molar-refractivity contribution in [3.8, 4) is 0 Å². The van der Waals surface area contributed by atoms with Crippen LogP contribution in [0.25, 0.3) is 0 Å². The zero-order valence-electron chi connectivity index (χ0n) is 5.85. The lowest BCUT2D eigenvalue weighted by Gasteiger charge is -2.15. The van der Waals surface area contributed by atoms with Gasteiger partial charge in [-0.25, -0.2) is 0 Å².